The van der Waals surface area contributed by atoms with Crippen molar-refractivity contribution in [2.24, 2.45) is 0 Å². The number of hydrogen-bond donors (Lipinski definition) is 0. The molecule has 0 unspecified atom stereocenters. The van der Waals surface area contributed by atoms with Gasteiger partial charge in [-0.25, -0.2) is 0 Å². The summed E-state index contributed by atoms with van der Waals surface area (Å²) in [6.07, 6.45) is -34.3. The van der Waals surface area contributed by atoms with Crippen molar-refractivity contribution in [1.82, 2.24) is 0 Å². The first-order valence-electron chi connectivity index (χ1n) is 5.52. The molecule has 0 atom stereocenters. The molecule has 0 aromatic carbocycles. The number of allylic oxidation sites excluding steroid dienone is 4. The topological polar surface area (TPSA) is 0 Å². The zero-order valence-corrected chi connectivity index (χ0v) is 12.6. The zero-order valence-electron chi connectivity index (χ0n) is 11.0. The van der Waals surface area contributed by atoms with Crippen LogP contribution in [-0.2, 0) is 0 Å². The quantitative estimate of drug-likeness (QED) is 0.270. The number of halogens is 16. The SMILES string of the molecule is FC(F)(F)C1=C(C(F)(F)F)C(Br)(C(F)(F)F)C(C(F)(F)F)=C1C(F)(F)F. The number of rotatable bonds is 0. The van der Waals surface area contributed by atoms with Crippen molar-refractivity contribution in [3.05, 3.63) is 22.3 Å². The molecule has 0 heterocycles. The molecule has 0 aromatic heterocycles. The molecular formula is C10BrF15. The van der Waals surface area contributed by atoms with Gasteiger partial charge in [0.05, 0.1) is 22.3 Å². The van der Waals surface area contributed by atoms with E-state index in [1.165, 1.54) is 0 Å². The molecule has 16 heteroatoms. The Morgan fingerprint density at radius 2 is 0.692 bits per heavy atom. The van der Waals surface area contributed by atoms with Crippen LogP contribution in [0.5, 0.6) is 0 Å². The second-order valence-electron chi connectivity index (χ2n) is 4.65. The van der Waals surface area contributed by atoms with Crippen LogP contribution in [0.4, 0.5) is 65.9 Å². The molecule has 0 amide bonds. The second-order valence-corrected chi connectivity index (χ2v) is 5.84. The highest BCUT2D eigenvalue weighted by atomic mass is 79.9. The van der Waals surface area contributed by atoms with Crippen molar-refractivity contribution in [1.29, 1.82) is 0 Å². The average molecular weight is 485 g/mol. The lowest BCUT2D eigenvalue weighted by atomic mass is 9.92. The zero-order chi connectivity index (χ0) is 21.3. The highest BCUT2D eigenvalue weighted by Crippen LogP contribution is 2.66. The lowest BCUT2D eigenvalue weighted by Gasteiger charge is -2.33. The first kappa shape index (κ1) is 23.0. The van der Waals surface area contributed by atoms with Gasteiger partial charge in [-0.05, 0) is 0 Å². The molecule has 1 aliphatic rings. The van der Waals surface area contributed by atoms with Gasteiger partial charge in [0.1, 0.15) is 0 Å². The van der Waals surface area contributed by atoms with E-state index in [0.717, 1.165) is 15.9 Å². The average Bonchev–Trinajstić information content (AvgIpc) is 2.57. The van der Waals surface area contributed by atoms with E-state index in [1.54, 1.807) is 0 Å². The first-order chi connectivity index (χ1) is 11.0. The maximum Gasteiger partial charge on any atom is 0.417 e. The molecule has 0 aromatic rings. The maximum atomic E-state index is 13.0. The number of alkyl halides is 16. The largest absolute Gasteiger partial charge is 0.417 e. The van der Waals surface area contributed by atoms with E-state index in [2.05, 4.69) is 0 Å². The molecule has 0 aliphatic heterocycles. The fourth-order valence-electron chi connectivity index (χ4n) is 2.24. The summed E-state index contributed by atoms with van der Waals surface area (Å²) < 4.78 is 187. The smallest absolute Gasteiger partial charge is 0.169 e. The summed E-state index contributed by atoms with van der Waals surface area (Å²) >= 11 is 0.856. The molecule has 26 heavy (non-hydrogen) atoms. The van der Waals surface area contributed by atoms with E-state index in [9.17, 15) is 65.9 Å². The lowest BCUT2D eigenvalue weighted by molar-refractivity contribution is -0.181. The second kappa shape index (κ2) is 5.70. The fourth-order valence-corrected chi connectivity index (χ4v) is 3.09. The van der Waals surface area contributed by atoms with Crippen molar-refractivity contribution in [3.63, 3.8) is 0 Å². The monoisotopic (exact) mass is 484 g/mol. The van der Waals surface area contributed by atoms with Gasteiger partial charge >= 0.3 is 30.9 Å². The summed E-state index contributed by atoms with van der Waals surface area (Å²) in [5, 5.41) is 0. The molecule has 0 N–H and O–H groups in total. The van der Waals surface area contributed by atoms with E-state index in [-0.39, 0.29) is 0 Å². The summed E-state index contributed by atoms with van der Waals surface area (Å²) in [5.41, 5.74) is -16.4. The van der Waals surface area contributed by atoms with Crippen molar-refractivity contribution >= 4 is 15.9 Å². The molecule has 0 saturated carbocycles. The molecule has 0 saturated heterocycles. The Bertz CT molecular complexity index is 596. The Morgan fingerprint density at radius 1 is 0.462 bits per heavy atom. The molecule has 0 nitrogen and oxygen atoms in total. The summed E-state index contributed by atoms with van der Waals surface area (Å²) in [6, 6.07) is 0. The van der Waals surface area contributed by atoms with Gasteiger partial charge in [-0.2, -0.15) is 65.9 Å². The van der Waals surface area contributed by atoms with Crippen LogP contribution in [0.3, 0.4) is 0 Å². The molecule has 1 rings (SSSR count). The molecule has 0 spiro atoms. The Kier molecular flexibility index (Phi) is 5.03. The minimum absolute atomic E-state index is 0.856. The van der Waals surface area contributed by atoms with Gasteiger partial charge < -0.3 is 0 Å². The van der Waals surface area contributed by atoms with Crippen LogP contribution in [0.15, 0.2) is 22.3 Å². The third kappa shape index (κ3) is 3.52. The molecule has 1 aliphatic carbocycles. The Morgan fingerprint density at radius 3 is 0.808 bits per heavy atom. The highest BCUT2D eigenvalue weighted by molar-refractivity contribution is 9.10. The van der Waals surface area contributed by atoms with E-state index in [0.29, 0.717) is 0 Å². The summed E-state index contributed by atoms with van der Waals surface area (Å²) in [5.74, 6) is 0. The third-order valence-corrected chi connectivity index (χ3v) is 4.21. The van der Waals surface area contributed by atoms with Crippen molar-refractivity contribution in [2.75, 3.05) is 0 Å². The third-order valence-electron chi connectivity index (χ3n) is 2.96. The van der Waals surface area contributed by atoms with Crippen LogP contribution in [0.2, 0.25) is 0 Å². The minimum Gasteiger partial charge on any atom is -0.169 e. The Hall–Kier alpha value is -1.09. The van der Waals surface area contributed by atoms with Crippen LogP contribution in [-0.4, -0.2) is 35.2 Å². The Balaban J connectivity index is 4.34. The molecule has 0 fully saturated rings. The highest BCUT2D eigenvalue weighted by Gasteiger charge is 2.77. The molecular weight excluding hydrogens is 485 g/mol. The molecule has 0 bridgehead atoms. The fraction of sp³-hybridized carbons (Fsp3) is 0.600. The van der Waals surface area contributed by atoms with Gasteiger partial charge in [-0.3, -0.25) is 0 Å². The van der Waals surface area contributed by atoms with Gasteiger partial charge in [0.2, 0.25) is 0 Å². The van der Waals surface area contributed by atoms with Crippen LogP contribution in [0.25, 0.3) is 0 Å². The van der Waals surface area contributed by atoms with Crippen molar-refractivity contribution in [2.45, 2.75) is 35.2 Å². The predicted molar refractivity (Wildman–Crippen MR) is 56.0 cm³/mol. The van der Waals surface area contributed by atoms with Gasteiger partial charge in [0.15, 0.2) is 4.32 Å². The van der Waals surface area contributed by atoms with Crippen molar-refractivity contribution in [3.8, 4) is 0 Å². The minimum atomic E-state index is -6.87. The van der Waals surface area contributed by atoms with Gasteiger partial charge in [0.25, 0.3) is 0 Å². The van der Waals surface area contributed by atoms with Gasteiger partial charge in [-0.1, -0.05) is 15.9 Å². The summed E-state index contributed by atoms with van der Waals surface area (Å²) in [6.45, 7) is 0. The Labute approximate surface area is 140 Å². The van der Waals surface area contributed by atoms with Crippen LogP contribution in [0, 0.1) is 0 Å². The lowest BCUT2D eigenvalue weighted by Crippen LogP contribution is -2.49. The van der Waals surface area contributed by atoms with Gasteiger partial charge in [0, 0.05) is 0 Å². The van der Waals surface area contributed by atoms with Crippen LogP contribution in [0.1, 0.15) is 0 Å². The van der Waals surface area contributed by atoms with E-state index in [1.807, 2.05) is 0 Å². The number of hydrogen-bond acceptors (Lipinski definition) is 0. The predicted octanol–water partition coefficient (Wildman–Crippen LogP) is 6.54. The maximum absolute atomic E-state index is 13.0. The van der Waals surface area contributed by atoms with E-state index in [4.69, 9.17) is 0 Å². The van der Waals surface area contributed by atoms with Gasteiger partial charge in [-0.15, -0.1) is 0 Å². The van der Waals surface area contributed by atoms with Crippen LogP contribution >= 0.6 is 15.9 Å². The standard InChI is InChI=1S/C10BrF15/c11-5(10(24,25)26)3(8(18,19)20)1(6(12,13)14)2(7(15,16)17)4(5)9(21,22)23. The van der Waals surface area contributed by atoms with E-state index >= 15 is 0 Å². The summed E-state index contributed by atoms with van der Waals surface area (Å²) in [4.78, 5) is 0. The molecule has 152 valence electrons. The van der Waals surface area contributed by atoms with Crippen molar-refractivity contribution < 1.29 is 65.9 Å². The first-order valence-corrected chi connectivity index (χ1v) is 6.32. The molecule has 0 radical (unpaired) electrons. The summed E-state index contributed by atoms with van der Waals surface area (Å²) in [7, 11) is 0. The van der Waals surface area contributed by atoms with Crippen LogP contribution < -0.4 is 0 Å². The normalized spacial score (nSPS) is 20.3. The van der Waals surface area contributed by atoms with E-state index < -0.39 is 57.5 Å².